The fourth-order valence-corrected chi connectivity index (χ4v) is 2.30. The molecule has 0 aliphatic heterocycles. The summed E-state index contributed by atoms with van der Waals surface area (Å²) in [6, 6.07) is 16.3. The predicted octanol–water partition coefficient (Wildman–Crippen LogP) is 3.13. The Balaban J connectivity index is 2.09. The van der Waals surface area contributed by atoms with Crippen molar-refractivity contribution < 1.29 is 14.3 Å². The summed E-state index contributed by atoms with van der Waals surface area (Å²) in [7, 11) is 3.85. The molecule has 1 atom stereocenters. The molecule has 0 N–H and O–H groups in total. The van der Waals surface area contributed by atoms with E-state index in [9.17, 15) is 9.59 Å². The van der Waals surface area contributed by atoms with Crippen LogP contribution in [0.25, 0.3) is 0 Å². The first-order valence-corrected chi connectivity index (χ1v) is 8.00. The maximum atomic E-state index is 12.5. The molecule has 2 aromatic rings. The van der Waals surface area contributed by atoms with Crippen LogP contribution in [0.5, 0.6) is 0 Å². The normalized spacial score (nSPS) is 12.0. The quantitative estimate of drug-likeness (QED) is 0.580. The zero-order chi connectivity index (χ0) is 17.5. The average Bonchev–Trinajstić information content (AvgIpc) is 2.61. The highest BCUT2D eigenvalue weighted by Crippen LogP contribution is 2.20. The lowest BCUT2D eigenvalue weighted by atomic mass is 9.96. The Morgan fingerprint density at radius 3 is 2.33 bits per heavy atom. The molecule has 0 saturated carbocycles. The third-order valence-corrected chi connectivity index (χ3v) is 3.82. The number of ether oxygens (including phenoxy) is 1. The van der Waals surface area contributed by atoms with Crippen LogP contribution >= 0.6 is 0 Å². The number of likely N-dealkylation sites (N-methyl/N-ethyl adjacent to an activating group) is 1. The zero-order valence-corrected chi connectivity index (χ0v) is 14.4. The number of hydrogen-bond donors (Lipinski definition) is 0. The van der Waals surface area contributed by atoms with Crippen molar-refractivity contribution in [1.82, 2.24) is 4.90 Å². The van der Waals surface area contributed by atoms with Gasteiger partial charge < -0.3 is 9.64 Å². The lowest BCUT2D eigenvalue weighted by Gasteiger charge is -2.14. The maximum absolute atomic E-state index is 12.5. The molecule has 24 heavy (non-hydrogen) atoms. The summed E-state index contributed by atoms with van der Waals surface area (Å²) in [5.41, 5.74) is 1.99. The van der Waals surface area contributed by atoms with Crippen LogP contribution < -0.4 is 0 Å². The Bertz CT molecular complexity index is 695. The van der Waals surface area contributed by atoms with Crippen LogP contribution in [0.3, 0.4) is 0 Å². The first-order valence-electron chi connectivity index (χ1n) is 8.00. The monoisotopic (exact) mass is 325 g/mol. The van der Waals surface area contributed by atoms with Gasteiger partial charge in [0.2, 0.25) is 0 Å². The van der Waals surface area contributed by atoms with Crippen molar-refractivity contribution in [3.8, 4) is 0 Å². The number of esters is 1. The second-order valence-corrected chi connectivity index (χ2v) is 6.01. The molecule has 4 heteroatoms. The first kappa shape index (κ1) is 17.9. The topological polar surface area (TPSA) is 46.6 Å². The summed E-state index contributed by atoms with van der Waals surface area (Å²) < 4.78 is 5.29. The minimum absolute atomic E-state index is 0.0503. The van der Waals surface area contributed by atoms with Crippen molar-refractivity contribution in [2.24, 2.45) is 0 Å². The third kappa shape index (κ3) is 4.77. The van der Waals surface area contributed by atoms with Crippen molar-refractivity contribution in [2.45, 2.75) is 12.8 Å². The fourth-order valence-electron chi connectivity index (χ4n) is 2.30. The lowest BCUT2D eigenvalue weighted by Crippen LogP contribution is -2.22. The molecule has 0 aliphatic rings. The number of hydrogen-bond acceptors (Lipinski definition) is 4. The molecule has 0 heterocycles. The van der Waals surface area contributed by atoms with Crippen LogP contribution in [0.4, 0.5) is 0 Å². The van der Waals surface area contributed by atoms with Gasteiger partial charge in [0, 0.05) is 17.7 Å². The van der Waals surface area contributed by atoms with E-state index in [1.165, 1.54) is 0 Å². The van der Waals surface area contributed by atoms with Gasteiger partial charge in [0.05, 0.1) is 5.92 Å². The predicted molar refractivity (Wildman–Crippen MR) is 94.2 cm³/mol. The number of benzene rings is 2. The van der Waals surface area contributed by atoms with Gasteiger partial charge in [-0.25, -0.2) is 0 Å². The lowest BCUT2D eigenvalue weighted by molar-refractivity contribution is -0.145. The second-order valence-electron chi connectivity index (χ2n) is 6.01. The summed E-state index contributed by atoms with van der Waals surface area (Å²) in [6.07, 6.45) is 0. The van der Waals surface area contributed by atoms with Gasteiger partial charge in [0.1, 0.15) is 6.61 Å². The minimum atomic E-state index is -0.407. The van der Waals surface area contributed by atoms with Crippen LogP contribution in [0, 0.1) is 0 Å². The van der Waals surface area contributed by atoms with Crippen molar-refractivity contribution in [2.75, 3.05) is 27.2 Å². The van der Waals surface area contributed by atoms with E-state index in [4.69, 9.17) is 4.74 Å². The fraction of sp³-hybridized carbons (Fsp3) is 0.300. The highest BCUT2D eigenvalue weighted by Gasteiger charge is 2.18. The number of ketones is 1. The minimum Gasteiger partial charge on any atom is -0.464 e. The Kier molecular flexibility index (Phi) is 6.27. The molecule has 0 amide bonds. The van der Waals surface area contributed by atoms with Crippen molar-refractivity contribution in [1.29, 1.82) is 0 Å². The van der Waals surface area contributed by atoms with Crippen LogP contribution in [-0.2, 0) is 9.53 Å². The van der Waals surface area contributed by atoms with Crippen LogP contribution in [0.15, 0.2) is 54.6 Å². The van der Waals surface area contributed by atoms with E-state index in [1.807, 2.05) is 43.3 Å². The van der Waals surface area contributed by atoms with E-state index in [0.717, 1.165) is 5.56 Å². The van der Waals surface area contributed by atoms with E-state index in [1.54, 1.807) is 37.3 Å². The Morgan fingerprint density at radius 2 is 1.67 bits per heavy atom. The number of carbonyl (C=O) groups excluding carboxylic acids is 2. The largest absolute Gasteiger partial charge is 0.464 e. The van der Waals surface area contributed by atoms with Crippen molar-refractivity contribution in [3.63, 3.8) is 0 Å². The molecule has 2 rings (SSSR count). The van der Waals surface area contributed by atoms with E-state index in [0.29, 0.717) is 24.3 Å². The third-order valence-electron chi connectivity index (χ3n) is 3.82. The van der Waals surface area contributed by atoms with Crippen molar-refractivity contribution >= 4 is 11.8 Å². The van der Waals surface area contributed by atoms with Gasteiger partial charge in [-0.3, -0.25) is 9.59 Å². The smallest absolute Gasteiger partial charge is 0.313 e. The molecule has 1 unspecified atom stereocenters. The molecule has 0 radical (unpaired) electrons. The molecule has 0 bridgehead atoms. The molecule has 0 aromatic heterocycles. The number of rotatable bonds is 7. The van der Waals surface area contributed by atoms with Crippen LogP contribution in [0.1, 0.15) is 34.3 Å². The van der Waals surface area contributed by atoms with Gasteiger partial charge >= 0.3 is 5.97 Å². The molecule has 4 nitrogen and oxygen atoms in total. The molecule has 126 valence electrons. The van der Waals surface area contributed by atoms with Crippen LogP contribution in [-0.4, -0.2) is 43.9 Å². The number of nitrogens with zero attached hydrogens (tertiary/aromatic N) is 1. The summed E-state index contributed by atoms with van der Waals surface area (Å²) in [4.78, 5) is 26.6. The van der Waals surface area contributed by atoms with E-state index in [-0.39, 0.29) is 11.8 Å². The molecular formula is C20H23NO3. The van der Waals surface area contributed by atoms with E-state index >= 15 is 0 Å². The molecular weight excluding hydrogens is 302 g/mol. The highest BCUT2D eigenvalue weighted by molar-refractivity contribution is 6.09. The molecule has 0 spiro atoms. The molecule has 0 fully saturated rings. The second kappa shape index (κ2) is 8.41. The Morgan fingerprint density at radius 1 is 1.00 bits per heavy atom. The zero-order valence-electron chi connectivity index (χ0n) is 14.4. The standard InChI is InChI=1S/C20H23NO3/c1-15(20(23)24-13-12-21(2)3)17-10-7-11-18(14-17)19(22)16-8-5-4-6-9-16/h4-11,14-15H,12-13H2,1-3H3. The number of carbonyl (C=O) groups is 2. The van der Waals surface area contributed by atoms with E-state index < -0.39 is 5.92 Å². The summed E-state index contributed by atoms with van der Waals surface area (Å²) >= 11 is 0. The van der Waals surface area contributed by atoms with Gasteiger partial charge in [0.15, 0.2) is 5.78 Å². The average molecular weight is 325 g/mol. The Hall–Kier alpha value is -2.46. The Labute approximate surface area is 143 Å². The van der Waals surface area contributed by atoms with Gasteiger partial charge in [0.25, 0.3) is 0 Å². The van der Waals surface area contributed by atoms with Gasteiger partial charge in [-0.15, -0.1) is 0 Å². The highest BCUT2D eigenvalue weighted by atomic mass is 16.5. The summed E-state index contributed by atoms with van der Waals surface area (Å²) in [5.74, 6) is -0.734. The maximum Gasteiger partial charge on any atom is 0.313 e. The van der Waals surface area contributed by atoms with Crippen LogP contribution in [0.2, 0.25) is 0 Å². The van der Waals surface area contributed by atoms with E-state index in [2.05, 4.69) is 0 Å². The first-order chi connectivity index (χ1) is 11.5. The van der Waals surface area contributed by atoms with Crippen molar-refractivity contribution in [3.05, 3.63) is 71.3 Å². The molecule has 2 aromatic carbocycles. The van der Waals surface area contributed by atoms with Gasteiger partial charge in [-0.1, -0.05) is 48.5 Å². The van der Waals surface area contributed by atoms with Gasteiger partial charge in [-0.2, -0.15) is 0 Å². The SMILES string of the molecule is CC(C(=O)OCCN(C)C)c1cccc(C(=O)c2ccccc2)c1. The van der Waals surface area contributed by atoms with Gasteiger partial charge in [-0.05, 0) is 32.6 Å². The summed E-state index contributed by atoms with van der Waals surface area (Å²) in [6.45, 7) is 2.84. The molecule has 0 saturated heterocycles. The summed E-state index contributed by atoms with van der Waals surface area (Å²) in [5, 5.41) is 0. The molecule has 0 aliphatic carbocycles.